The third kappa shape index (κ3) is 3.24. The van der Waals surface area contributed by atoms with Crippen LogP contribution in [0.15, 0.2) is 15.7 Å². The second-order valence-corrected chi connectivity index (χ2v) is 6.53. The minimum atomic E-state index is -1.15. The summed E-state index contributed by atoms with van der Waals surface area (Å²) in [5.41, 5.74) is -0.357. The van der Waals surface area contributed by atoms with Crippen LogP contribution in [0.2, 0.25) is 0 Å². The molecular formula is C17H20N4O5. The second kappa shape index (κ2) is 6.74. The molecule has 2 N–H and O–H groups in total. The minimum Gasteiger partial charge on any atom is -0.480 e. The molecular weight excluding hydrogens is 340 g/mol. The molecule has 0 unspecified atom stereocenters. The Kier molecular flexibility index (Phi) is 4.62. The lowest BCUT2D eigenvalue weighted by Crippen LogP contribution is -2.35. The number of carbonyl (C=O) groups excluding carboxylic acids is 1. The van der Waals surface area contributed by atoms with Crippen molar-refractivity contribution in [2.24, 2.45) is 0 Å². The van der Waals surface area contributed by atoms with Crippen LogP contribution in [0, 0.1) is 0 Å². The topological polar surface area (TPSA) is 125 Å². The number of carboxylic acid groups (broad SMARTS) is 1. The number of aryl methyl sites for hydroxylation is 1. The van der Waals surface area contributed by atoms with Crippen LogP contribution in [0.3, 0.4) is 0 Å². The summed E-state index contributed by atoms with van der Waals surface area (Å²) in [5.74, 6) is -1.55. The first-order valence-electron chi connectivity index (χ1n) is 8.48. The van der Waals surface area contributed by atoms with E-state index in [2.05, 4.69) is 9.97 Å². The van der Waals surface area contributed by atoms with Gasteiger partial charge in [-0.15, -0.1) is 0 Å². The van der Waals surface area contributed by atoms with Crippen molar-refractivity contribution in [1.29, 1.82) is 0 Å². The van der Waals surface area contributed by atoms with E-state index < -0.39 is 29.7 Å². The number of hydrogen-bond acceptors (Lipinski definition) is 5. The highest BCUT2D eigenvalue weighted by atomic mass is 16.4. The summed E-state index contributed by atoms with van der Waals surface area (Å²) >= 11 is 0. The Balaban J connectivity index is 2.28. The van der Waals surface area contributed by atoms with E-state index in [0.717, 1.165) is 17.7 Å². The summed E-state index contributed by atoms with van der Waals surface area (Å²) in [6, 6.07) is 1.55. The van der Waals surface area contributed by atoms with E-state index in [4.69, 9.17) is 5.11 Å². The number of rotatable bonds is 6. The highest BCUT2D eigenvalue weighted by Crippen LogP contribution is 2.40. The van der Waals surface area contributed by atoms with Crippen molar-refractivity contribution in [2.75, 3.05) is 13.6 Å². The second-order valence-electron chi connectivity index (χ2n) is 6.53. The predicted octanol–water partition coefficient (Wildman–Crippen LogP) is 0.529. The number of pyridine rings is 1. The lowest BCUT2D eigenvalue weighted by molar-refractivity contribution is -0.137. The number of hydrogen-bond donors (Lipinski definition) is 2. The SMILES string of the molecule is CCCn1c(=O)[nH]c(=O)c2c(C(=O)N(C)CC(=O)O)cc(C3CC3)nc21. The molecule has 0 radical (unpaired) electrons. The monoisotopic (exact) mass is 360 g/mol. The maximum Gasteiger partial charge on any atom is 0.329 e. The van der Waals surface area contributed by atoms with Crippen LogP contribution in [0.1, 0.15) is 48.2 Å². The summed E-state index contributed by atoms with van der Waals surface area (Å²) in [6.45, 7) is 1.75. The van der Waals surface area contributed by atoms with Gasteiger partial charge in [0, 0.05) is 25.2 Å². The van der Waals surface area contributed by atoms with Crippen LogP contribution in [0.4, 0.5) is 0 Å². The van der Waals surface area contributed by atoms with Gasteiger partial charge in [0.25, 0.3) is 11.5 Å². The van der Waals surface area contributed by atoms with E-state index in [1.54, 1.807) is 6.07 Å². The predicted molar refractivity (Wildman–Crippen MR) is 93.5 cm³/mol. The average molecular weight is 360 g/mol. The minimum absolute atomic E-state index is 0.0182. The number of carboxylic acids is 1. The Hall–Kier alpha value is -2.97. The highest BCUT2D eigenvalue weighted by Gasteiger charge is 2.29. The van der Waals surface area contributed by atoms with Crippen molar-refractivity contribution < 1.29 is 14.7 Å². The van der Waals surface area contributed by atoms with E-state index >= 15 is 0 Å². The van der Waals surface area contributed by atoms with Crippen molar-refractivity contribution in [3.8, 4) is 0 Å². The number of carbonyl (C=O) groups is 2. The van der Waals surface area contributed by atoms with Crippen molar-refractivity contribution in [3.63, 3.8) is 0 Å². The number of aliphatic carboxylic acids is 1. The molecule has 1 amide bonds. The molecule has 9 nitrogen and oxygen atoms in total. The lowest BCUT2D eigenvalue weighted by Gasteiger charge is -2.17. The first-order valence-corrected chi connectivity index (χ1v) is 8.48. The number of nitrogens with zero attached hydrogens (tertiary/aromatic N) is 3. The fourth-order valence-corrected chi connectivity index (χ4v) is 2.96. The fraction of sp³-hybridized carbons (Fsp3) is 0.471. The number of likely N-dealkylation sites (N-methyl/N-ethyl adjacent to an activating group) is 1. The van der Waals surface area contributed by atoms with Crippen LogP contribution in [-0.2, 0) is 11.3 Å². The highest BCUT2D eigenvalue weighted by molar-refractivity contribution is 6.06. The normalized spacial score (nSPS) is 13.8. The van der Waals surface area contributed by atoms with Gasteiger partial charge in [-0.3, -0.25) is 23.9 Å². The van der Waals surface area contributed by atoms with Gasteiger partial charge in [-0.2, -0.15) is 0 Å². The molecule has 2 heterocycles. The average Bonchev–Trinajstić information content (AvgIpc) is 3.41. The van der Waals surface area contributed by atoms with E-state index in [1.807, 2.05) is 6.92 Å². The molecule has 0 spiro atoms. The van der Waals surface area contributed by atoms with E-state index in [-0.39, 0.29) is 22.5 Å². The van der Waals surface area contributed by atoms with E-state index in [0.29, 0.717) is 18.7 Å². The third-order valence-electron chi connectivity index (χ3n) is 4.36. The zero-order valence-corrected chi connectivity index (χ0v) is 14.6. The molecule has 138 valence electrons. The summed E-state index contributed by atoms with van der Waals surface area (Å²) in [7, 11) is 1.36. The number of aromatic nitrogens is 3. The molecule has 0 aliphatic heterocycles. The van der Waals surface area contributed by atoms with Crippen LogP contribution in [0.5, 0.6) is 0 Å². The molecule has 0 saturated heterocycles. The Bertz CT molecular complexity index is 1000. The van der Waals surface area contributed by atoms with Gasteiger partial charge in [0.2, 0.25) is 0 Å². The molecule has 9 heteroatoms. The van der Waals surface area contributed by atoms with Gasteiger partial charge in [-0.25, -0.2) is 9.78 Å². The Morgan fingerprint density at radius 1 is 1.38 bits per heavy atom. The maximum atomic E-state index is 12.8. The largest absolute Gasteiger partial charge is 0.480 e. The lowest BCUT2D eigenvalue weighted by atomic mass is 10.1. The number of fused-ring (bicyclic) bond motifs is 1. The quantitative estimate of drug-likeness (QED) is 0.774. The van der Waals surface area contributed by atoms with Crippen LogP contribution >= 0.6 is 0 Å². The molecule has 0 aromatic carbocycles. The first kappa shape index (κ1) is 17.8. The van der Waals surface area contributed by atoms with Crippen LogP contribution in [0.25, 0.3) is 11.0 Å². The zero-order chi connectivity index (χ0) is 19.0. The van der Waals surface area contributed by atoms with Crippen molar-refractivity contribution in [1.82, 2.24) is 19.4 Å². The zero-order valence-electron chi connectivity index (χ0n) is 14.6. The van der Waals surface area contributed by atoms with Gasteiger partial charge >= 0.3 is 11.7 Å². The molecule has 1 fully saturated rings. The summed E-state index contributed by atoms with van der Waals surface area (Å²) in [5, 5.41) is 8.95. The van der Waals surface area contributed by atoms with Gasteiger partial charge < -0.3 is 10.0 Å². The molecule has 0 atom stereocenters. The van der Waals surface area contributed by atoms with E-state index in [1.165, 1.54) is 11.6 Å². The Morgan fingerprint density at radius 2 is 2.08 bits per heavy atom. The molecule has 1 aliphatic carbocycles. The summed E-state index contributed by atoms with van der Waals surface area (Å²) in [6.07, 6.45) is 2.51. The smallest absolute Gasteiger partial charge is 0.329 e. The van der Waals surface area contributed by atoms with Gasteiger partial charge in [-0.05, 0) is 25.3 Å². The Labute approximate surface area is 148 Å². The number of aromatic amines is 1. The first-order chi connectivity index (χ1) is 12.3. The molecule has 0 bridgehead atoms. The fourth-order valence-electron chi connectivity index (χ4n) is 2.96. The number of H-pyrrole nitrogens is 1. The molecule has 1 aliphatic rings. The Morgan fingerprint density at radius 3 is 2.65 bits per heavy atom. The molecule has 3 rings (SSSR count). The summed E-state index contributed by atoms with van der Waals surface area (Å²) in [4.78, 5) is 56.1. The van der Waals surface area contributed by atoms with Crippen molar-refractivity contribution >= 4 is 22.9 Å². The molecule has 26 heavy (non-hydrogen) atoms. The van der Waals surface area contributed by atoms with Crippen molar-refractivity contribution in [3.05, 3.63) is 38.2 Å². The van der Waals surface area contributed by atoms with Gasteiger partial charge in [0.1, 0.15) is 6.54 Å². The van der Waals surface area contributed by atoms with Gasteiger partial charge in [-0.1, -0.05) is 6.92 Å². The van der Waals surface area contributed by atoms with Gasteiger partial charge in [0.05, 0.1) is 10.9 Å². The standard InChI is InChI=1S/C17H20N4O5/c1-3-6-21-14-13(15(24)19-17(21)26)10(7-11(18-14)9-4-5-9)16(25)20(2)8-12(22)23/h7,9H,3-6,8H2,1-2H3,(H,22,23)(H,19,24,26). The third-order valence-corrected chi connectivity index (χ3v) is 4.36. The van der Waals surface area contributed by atoms with Crippen LogP contribution in [-0.4, -0.2) is 50.0 Å². The molecule has 2 aromatic heterocycles. The van der Waals surface area contributed by atoms with Gasteiger partial charge in [0.15, 0.2) is 5.65 Å². The maximum absolute atomic E-state index is 12.8. The van der Waals surface area contributed by atoms with Crippen molar-refractivity contribution in [2.45, 2.75) is 38.6 Å². The molecule has 2 aromatic rings. The van der Waals surface area contributed by atoms with E-state index in [9.17, 15) is 19.2 Å². The summed E-state index contributed by atoms with van der Waals surface area (Å²) < 4.78 is 1.36. The van der Waals surface area contributed by atoms with Crippen LogP contribution < -0.4 is 11.2 Å². The molecule has 1 saturated carbocycles. The number of amides is 1. The number of nitrogens with one attached hydrogen (secondary N) is 1.